The molecule has 184 valence electrons. The molecule has 5 rings (SSSR count). The SMILES string of the molecule is Cc1ccccc1S(=O)(=O)N1CCCCN2C(CO)[C@@H](c3ccc(-c4cccc(F)c4)cc3)C2C1. The maximum Gasteiger partial charge on any atom is 0.243 e. The Morgan fingerprint density at radius 2 is 1.69 bits per heavy atom. The molecule has 3 aromatic rings. The number of sulfonamides is 1. The lowest BCUT2D eigenvalue weighted by Crippen LogP contribution is -2.67. The van der Waals surface area contributed by atoms with Crippen molar-refractivity contribution in [3.05, 3.63) is 89.7 Å². The highest BCUT2D eigenvalue weighted by Gasteiger charge is 2.50. The minimum absolute atomic E-state index is 0.00809. The van der Waals surface area contributed by atoms with Crippen molar-refractivity contribution in [2.75, 3.05) is 26.2 Å². The Labute approximate surface area is 206 Å². The largest absolute Gasteiger partial charge is 0.395 e. The van der Waals surface area contributed by atoms with Crippen LogP contribution in [0.1, 0.15) is 29.9 Å². The van der Waals surface area contributed by atoms with Gasteiger partial charge in [-0.15, -0.1) is 0 Å². The lowest BCUT2D eigenvalue weighted by atomic mass is 9.74. The van der Waals surface area contributed by atoms with Gasteiger partial charge in [-0.2, -0.15) is 4.31 Å². The van der Waals surface area contributed by atoms with Crippen molar-refractivity contribution < 1.29 is 17.9 Å². The second kappa shape index (κ2) is 9.82. The van der Waals surface area contributed by atoms with E-state index in [0.29, 0.717) is 18.0 Å². The van der Waals surface area contributed by atoms with Crippen molar-refractivity contribution in [3.63, 3.8) is 0 Å². The minimum atomic E-state index is -3.62. The van der Waals surface area contributed by atoms with Crippen molar-refractivity contribution in [3.8, 4) is 11.1 Å². The van der Waals surface area contributed by atoms with Crippen LogP contribution in [0.25, 0.3) is 11.1 Å². The maximum absolute atomic E-state index is 13.7. The fourth-order valence-corrected chi connectivity index (χ4v) is 7.40. The standard InChI is InChI=1S/C28H31FN2O3S/c1-20-7-2-3-10-27(20)35(33,34)30-15-4-5-16-31-25(18-30)28(26(31)19-32)22-13-11-21(12-14-22)23-8-6-9-24(29)17-23/h2-3,6-14,17,25-26,28,32H,4-5,15-16,18-19H2,1H3/t25?,26?,28-/m0/s1. The van der Waals surface area contributed by atoms with E-state index in [1.165, 1.54) is 12.1 Å². The molecule has 0 saturated carbocycles. The molecule has 2 saturated heterocycles. The molecule has 0 aliphatic carbocycles. The summed E-state index contributed by atoms with van der Waals surface area (Å²) in [5.74, 6) is -0.250. The van der Waals surface area contributed by atoms with Crippen molar-refractivity contribution in [2.24, 2.45) is 0 Å². The summed E-state index contributed by atoms with van der Waals surface area (Å²) >= 11 is 0. The van der Waals surface area contributed by atoms with Crippen LogP contribution in [0.2, 0.25) is 0 Å². The van der Waals surface area contributed by atoms with E-state index in [1.54, 1.807) is 22.5 Å². The molecule has 2 aliphatic heterocycles. The van der Waals surface area contributed by atoms with E-state index in [4.69, 9.17) is 0 Å². The van der Waals surface area contributed by atoms with Gasteiger partial charge in [-0.25, -0.2) is 12.8 Å². The Balaban J connectivity index is 1.43. The normalized spacial score (nSPS) is 23.7. The van der Waals surface area contributed by atoms with E-state index in [0.717, 1.165) is 41.6 Å². The fourth-order valence-electron chi connectivity index (χ4n) is 5.68. The van der Waals surface area contributed by atoms with Gasteiger partial charge in [0.15, 0.2) is 0 Å². The van der Waals surface area contributed by atoms with E-state index in [9.17, 15) is 17.9 Å². The van der Waals surface area contributed by atoms with Gasteiger partial charge in [0.2, 0.25) is 10.0 Å². The summed E-state index contributed by atoms with van der Waals surface area (Å²) in [6.45, 7) is 3.60. The summed E-state index contributed by atoms with van der Waals surface area (Å²) in [6, 6.07) is 21.6. The van der Waals surface area contributed by atoms with Gasteiger partial charge in [-0.3, -0.25) is 4.90 Å². The van der Waals surface area contributed by atoms with Crippen LogP contribution in [0.5, 0.6) is 0 Å². The first-order valence-corrected chi connectivity index (χ1v) is 13.6. The molecule has 3 atom stereocenters. The number of fused-ring (bicyclic) bond motifs is 1. The van der Waals surface area contributed by atoms with Gasteiger partial charge in [0, 0.05) is 31.1 Å². The number of halogens is 1. The Morgan fingerprint density at radius 1 is 0.943 bits per heavy atom. The van der Waals surface area contributed by atoms with Crippen LogP contribution in [0.4, 0.5) is 4.39 Å². The van der Waals surface area contributed by atoms with Gasteiger partial charge in [-0.05, 0) is 66.8 Å². The quantitative estimate of drug-likeness (QED) is 0.571. The Kier molecular flexibility index (Phi) is 6.77. The van der Waals surface area contributed by atoms with Crippen molar-refractivity contribution >= 4 is 10.0 Å². The zero-order valence-electron chi connectivity index (χ0n) is 19.8. The lowest BCUT2D eigenvalue weighted by Gasteiger charge is -2.57. The molecule has 2 fully saturated rings. The Bertz CT molecular complexity index is 1300. The molecule has 2 heterocycles. The van der Waals surface area contributed by atoms with Gasteiger partial charge >= 0.3 is 0 Å². The molecule has 0 spiro atoms. The van der Waals surface area contributed by atoms with Crippen molar-refractivity contribution in [1.29, 1.82) is 0 Å². The average Bonchev–Trinajstić information content (AvgIpc) is 2.83. The summed E-state index contributed by atoms with van der Waals surface area (Å²) in [5, 5.41) is 10.2. The van der Waals surface area contributed by atoms with Crippen molar-refractivity contribution in [2.45, 2.75) is 42.7 Å². The van der Waals surface area contributed by atoms with Crippen LogP contribution >= 0.6 is 0 Å². The van der Waals surface area contributed by atoms with Gasteiger partial charge in [0.1, 0.15) is 5.82 Å². The topological polar surface area (TPSA) is 60.9 Å². The van der Waals surface area contributed by atoms with E-state index in [-0.39, 0.29) is 30.4 Å². The van der Waals surface area contributed by atoms with Crippen LogP contribution in [0.15, 0.2) is 77.7 Å². The molecule has 0 bridgehead atoms. The number of aliphatic hydroxyl groups is 1. The second-order valence-corrected chi connectivity index (χ2v) is 11.5. The molecule has 0 radical (unpaired) electrons. The highest BCUT2D eigenvalue weighted by molar-refractivity contribution is 7.89. The Hall–Kier alpha value is -2.58. The zero-order chi connectivity index (χ0) is 24.6. The first-order valence-electron chi connectivity index (χ1n) is 12.2. The molecule has 7 heteroatoms. The molecule has 2 unspecified atom stereocenters. The zero-order valence-corrected chi connectivity index (χ0v) is 20.7. The predicted molar refractivity (Wildman–Crippen MR) is 135 cm³/mol. The third-order valence-electron chi connectivity index (χ3n) is 7.50. The van der Waals surface area contributed by atoms with Crippen molar-refractivity contribution in [1.82, 2.24) is 9.21 Å². The number of hydrogen-bond acceptors (Lipinski definition) is 4. The Morgan fingerprint density at radius 3 is 2.40 bits per heavy atom. The molecular weight excluding hydrogens is 463 g/mol. The summed E-state index contributed by atoms with van der Waals surface area (Å²) in [4.78, 5) is 2.63. The number of hydrogen-bond donors (Lipinski definition) is 1. The highest BCUT2D eigenvalue weighted by Crippen LogP contribution is 2.43. The molecule has 0 amide bonds. The van der Waals surface area contributed by atoms with E-state index in [2.05, 4.69) is 4.90 Å². The molecule has 3 aromatic carbocycles. The summed E-state index contributed by atoms with van der Waals surface area (Å²) in [7, 11) is -3.62. The molecular formula is C28H31FN2O3S. The van der Waals surface area contributed by atoms with Crippen LogP contribution < -0.4 is 0 Å². The summed E-state index contributed by atoms with van der Waals surface area (Å²) in [5.41, 5.74) is 3.55. The average molecular weight is 495 g/mol. The molecule has 2 aliphatic rings. The molecule has 5 nitrogen and oxygen atoms in total. The lowest BCUT2D eigenvalue weighted by molar-refractivity contribution is -0.0553. The second-order valence-electron chi connectivity index (χ2n) is 9.55. The highest BCUT2D eigenvalue weighted by atomic mass is 32.2. The first kappa shape index (κ1) is 24.1. The van der Waals surface area contributed by atoms with Gasteiger partial charge in [0.25, 0.3) is 0 Å². The van der Waals surface area contributed by atoms with E-state index < -0.39 is 10.0 Å². The molecule has 1 N–H and O–H groups in total. The number of benzene rings is 3. The third-order valence-corrected chi connectivity index (χ3v) is 9.52. The summed E-state index contributed by atoms with van der Waals surface area (Å²) in [6.07, 6.45) is 1.68. The van der Waals surface area contributed by atoms with Crippen LogP contribution in [0, 0.1) is 12.7 Å². The number of aryl methyl sites for hydroxylation is 1. The molecule has 35 heavy (non-hydrogen) atoms. The van der Waals surface area contributed by atoms with Crippen LogP contribution in [-0.4, -0.2) is 61.1 Å². The third kappa shape index (κ3) is 4.54. The van der Waals surface area contributed by atoms with Gasteiger partial charge < -0.3 is 5.11 Å². The van der Waals surface area contributed by atoms with Crippen LogP contribution in [-0.2, 0) is 10.0 Å². The van der Waals surface area contributed by atoms with E-state index >= 15 is 0 Å². The first-order chi connectivity index (χ1) is 16.9. The monoisotopic (exact) mass is 494 g/mol. The van der Waals surface area contributed by atoms with Gasteiger partial charge in [0.05, 0.1) is 11.5 Å². The maximum atomic E-state index is 13.7. The summed E-state index contributed by atoms with van der Waals surface area (Å²) < 4.78 is 42.5. The number of rotatable bonds is 5. The van der Waals surface area contributed by atoms with Gasteiger partial charge in [-0.1, -0.05) is 54.6 Å². The fraction of sp³-hybridized carbons (Fsp3) is 0.357. The minimum Gasteiger partial charge on any atom is -0.395 e. The predicted octanol–water partition coefficient (Wildman–Crippen LogP) is 4.41. The smallest absolute Gasteiger partial charge is 0.243 e. The molecule has 0 aromatic heterocycles. The number of aliphatic hydroxyl groups excluding tert-OH is 1. The van der Waals surface area contributed by atoms with Crippen LogP contribution in [0.3, 0.4) is 0 Å². The van der Waals surface area contributed by atoms with E-state index in [1.807, 2.05) is 49.4 Å². The number of nitrogens with zero attached hydrogens (tertiary/aromatic N) is 2.